The van der Waals surface area contributed by atoms with Crippen molar-refractivity contribution in [1.29, 1.82) is 0 Å². The number of methoxy groups -OCH3 is 1. The summed E-state index contributed by atoms with van der Waals surface area (Å²) < 4.78 is 35.4. The van der Waals surface area contributed by atoms with Crippen LogP contribution in [0.2, 0.25) is 0 Å². The zero-order chi connectivity index (χ0) is 14.3. The Morgan fingerprint density at radius 3 is 2.26 bits per heavy atom. The van der Waals surface area contributed by atoms with Gasteiger partial charge in [-0.15, -0.1) is 0 Å². The summed E-state index contributed by atoms with van der Waals surface area (Å²) in [6.45, 7) is 0. The van der Waals surface area contributed by atoms with Crippen LogP contribution in [0.5, 0.6) is 5.75 Å². The molecule has 3 N–H and O–H groups in total. The number of hydrogen-bond donors (Lipinski definition) is 3. The van der Waals surface area contributed by atoms with Crippen molar-refractivity contribution in [2.45, 2.75) is 29.8 Å². The summed E-state index contributed by atoms with van der Waals surface area (Å²) in [7, 11) is -3.10. The highest BCUT2D eigenvalue weighted by atomic mass is 32.2. The van der Waals surface area contributed by atoms with Gasteiger partial charge in [-0.1, -0.05) is 12.1 Å². The second-order valence-corrected chi connectivity index (χ2v) is 6.33. The van der Waals surface area contributed by atoms with Crippen molar-refractivity contribution >= 4 is 10.1 Å². The molecular weight excluding hydrogens is 272 g/mol. The highest BCUT2D eigenvalue weighted by Gasteiger charge is 2.53. The summed E-state index contributed by atoms with van der Waals surface area (Å²) in [5, 5.41) is 19.3. The first kappa shape index (κ1) is 14.3. The minimum absolute atomic E-state index is 0.0488. The zero-order valence-corrected chi connectivity index (χ0v) is 11.2. The molecule has 19 heavy (non-hydrogen) atoms. The van der Waals surface area contributed by atoms with E-state index >= 15 is 0 Å². The molecule has 1 fully saturated rings. The summed E-state index contributed by atoms with van der Waals surface area (Å²) in [5.74, 6) is 0.656. The molecule has 0 radical (unpaired) electrons. The van der Waals surface area contributed by atoms with E-state index < -0.39 is 21.2 Å². The second-order valence-electron chi connectivity index (χ2n) is 4.85. The van der Waals surface area contributed by atoms with Crippen LogP contribution in [0.25, 0.3) is 0 Å². The van der Waals surface area contributed by atoms with E-state index in [0.717, 1.165) is 5.56 Å². The maximum Gasteiger partial charge on any atom is 0.294 e. The third-order valence-electron chi connectivity index (χ3n) is 3.53. The first-order chi connectivity index (χ1) is 8.76. The van der Waals surface area contributed by atoms with Gasteiger partial charge >= 0.3 is 0 Å². The number of aliphatic hydroxyl groups excluding tert-OH is 1. The molecule has 0 bridgehead atoms. The Hall–Kier alpha value is -1.15. The molecule has 7 heteroatoms. The molecule has 0 aromatic heterocycles. The van der Waals surface area contributed by atoms with Gasteiger partial charge in [0, 0.05) is 0 Å². The van der Waals surface area contributed by atoms with Crippen molar-refractivity contribution in [3.63, 3.8) is 0 Å². The van der Waals surface area contributed by atoms with Crippen LogP contribution in [0.1, 0.15) is 24.3 Å². The summed E-state index contributed by atoms with van der Waals surface area (Å²) >= 11 is 0. The Labute approximate surface area is 111 Å². The van der Waals surface area contributed by atoms with Crippen molar-refractivity contribution in [3.05, 3.63) is 29.8 Å². The quantitative estimate of drug-likeness (QED) is 0.697. The highest BCUT2D eigenvalue weighted by molar-refractivity contribution is 7.86. The molecule has 0 saturated heterocycles. The lowest BCUT2D eigenvalue weighted by molar-refractivity contribution is -0.106. The van der Waals surface area contributed by atoms with Gasteiger partial charge in [0.05, 0.1) is 7.11 Å². The molecule has 106 valence electrons. The van der Waals surface area contributed by atoms with Crippen LogP contribution in [-0.2, 0) is 10.1 Å². The molecule has 1 aromatic rings. The van der Waals surface area contributed by atoms with Crippen molar-refractivity contribution in [2.75, 3.05) is 7.11 Å². The van der Waals surface area contributed by atoms with Crippen LogP contribution in [0, 0.1) is 0 Å². The largest absolute Gasteiger partial charge is 0.497 e. The predicted octanol–water partition coefficient (Wildman–Crippen LogP) is 0.510. The van der Waals surface area contributed by atoms with Crippen LogP contribution >= 0.6 is 0 Å². The Morgan fingerprint density at radius 1 is 1.32 bits per heavy atom. The average Bonchev–Trinajstić information content (AvgIpc) is 2.33. The standard InChI is InChI=1S/C12H16O6S/c1-18-10-4-2-8(3-5-10)9-6-12(14,7-9)11(13)19(15,16)17/h2-5,9,11,13-14H,6-7H2,1H3,(H,15,16,17). The Morgan fingerprint density at radius 2 is 1.84 bits per heavy atom. The summed E-state index contributed by atoms with van der Waals surface area (Å²) in [6, 6.07) is 7.18. The molecule has 1 atom stereocenters. The molecule has 1 aliphatic carbocycles. The van der Waals surface area contributed by atoms with Crippen molar-refractivity contribution in [3.8, 4) is 5.75 Å². The van der Waals surface area contributed by atoms with Gasteiger partial charge in [-0.2, -0.15) is 8.42 Å². The molecule has 1 saturated carbocycles. The molecule has 1 aromatic carbocycles. The van der Waals surface area contributed by atoms with E-state index in [-0.39, 0.29) is 18.8 Å². The number of benzene rings is 1. The first-order valence-corrected chi connectivity index (χ1v) is 7.27. The SMILES string of the molecule is COc1ccc(C2CC(O)(C(O)S(=O)(=O)O)C2)cc1. The highest BCUT2D eigenvalue weighted by Crippen LogP contribution is 2.47. The van der Waals surface area contributed by atoms with E-state index in [4.69, 9.17) is 9.29 Å². The van der Waals surface area contributed by atoms with Crippen molar-refractivity contribution in [1.82, 2.24) is 0 Å². The van der Waals surface area contributed by atoms with Gasteiger partial charge in [0.2, 0.25) is 5.44 Å². The summed E-state index contributed by atoms with van der Waals surface area (Å²) in [4.78, 5) is 0. The maximum atomic E-state index is 10.8. The van der Waals surface area contributed by atoms with Crippen LogP contribution in [-0.4, -0.2) is 41.3 Å². The topological polar surface area (TPSA) is 104 Å². The van der Waals surface area contributed by atoms with E-state index in [2.05, 4.69) is 0 Å². The van der Waals surface area contributed by atoms with Crippen LogP contribution in [0.3, 0.4) is 0 Å². The van der Waals surface area contributed by atoms with Gasteiger partial charge in [-0.3, -0.25) is 4.55 Å². The Bertz CT molecular complexity index is 544. The second kappa shape index (κ2) is 4.75. The zero-order valence-electron chi connectivity index (χ0n) is 10.4. The number of ether oxygens (including phenoxy) is 1. The monoisotopic (exact) mass is 288 g/mol. The lowest BCUT2D eigenvalue weighted by Crippen LogP contribution is -2.54. The smallest absolute Gasteiger partial charge is 0.294 e. The van der Waals surface area contributed by atoms with Crippen molar-refractivity contribution < 1.29 is 27.9 Å². The van der Waals surface area contributed by atoms with Crippen LogP contribution in [0.15, 0.2) is 24.3 Å². The molecule has 2 rings (SSSR count). The first-order valence-electron chi connectivity index (χ1n) is 5.77. The molecule has 6 nitrogen and oxygen atoms in total. The molecule has 0 heterocycles. The molecule has 0 aliphatic heterocycles. The van der Waals surface area contributed by atoms with E-state index in [1.807, 2.05) is 12.1 Å². The van der Waals surface area contributed by atoms with Gasteiger partial charge in [0.1, 0.15) is 11.4 Å². The van der Waals surface area contributed by atoms with Crippen molar-refractivity contribution in [2.24, 2.45) is 0 Å². The van der Waals surface area contributed by atoms with Crippen LogP contribution < -0.4 is 4.74 Å². The van der Waals surface area contributed by atoms with Crippen LogP contribution in [0.4, 0.5) is 0 Å². The number of aliphatic hydroxyl groups is 2. The third-order valence-corrected chi connectivity index (χ3v) is 4.53. The molecule has 1 aliphatic rings. The normalized spacial score (nSPS) is 28.5. The minimum Gasteiger partial charge on any atom is -0.497 e. The fraction of sp³-hybridized carbons (Fsp3) is 0.500. The fourth-order valence-electron chi connectivity index (χ4n) is 2.38. The van der Waals surface area contributed by atoms with Gasteiger partial charge in [-0.25, -0.2) is 0 Å². The molecule has 0 spiro atoms. The minimum atomic E-state index is -4.65. The Balaban J connectivity index is 2.06. The average molecular weight is 288 g/mol. The molecule has 1 unspecified atom stereocenters. The summed E-state index contributed by atoms with van der Waals surface area (Å²) in [6.07, 6.45) is 0.167. The fourth-order valence-corrected chi connectivity index (χ4v) is 3.13. The van der Waals surface area contributed by atoms with Gasteiger partial charge in [0.15, 0.2) is 0 Å². The van der Waals surface area contributed by atoms with E-state index in [0.29, 0.717) is 5.75 Å². The molecular formula is C12H16O6S. The van der Waals surface area contributed by atoms with E-state index in [1.54, 1.807) is 19.2 Å². The van der Waals surface area contributed by atoms with E-state index in [9.17, 15) is 18.6 Å². The van der Waals surface area contributed by atoms with Gasteiger partial charge in [0.25, 0.3) is 10.1 Å². The number of hydrogen-bond acceptors (Lipinski definition) is 5. The lowest BCUT2D eigenvalue weighted by atomic mass is 9.68. The summed E-state index contributed by atoms with van der Waals surface area (Å²) in [5.41, 5.74) is -3.01. The van der Waals surface area contributed by atoms with E-state index in [1.165, 1.54) is 0 Å². The third kappa shape index (κ3) is 2.74. The predicted molar refractivity (Wildman–Crippen MR) is 67.5 cm³/mol. The molecule has 0 amide bonds. The Kier molecular flexibility index (Phi) is 3.57. The number of rotatable bonds is 4. The van der Waals surface area contributed by atoms with Gasteiger partial charge < -0.3 is 14.9 Å². The maximum absolute atomic E-state index is 10.8. The van der Waals surface area contributed by atoms with Gasteiger partial charge in [-0.05, 0) is 36.5 Å². The lowest BCUT2D eigenvalue weighted by Gasteiger charge is -2.45.